The molecule has 0 aliphatic rings. The van der Waals surface area contributed by atoms with Crippen LogP contribution in [0.5, 0.6) is 0 Å². The Kier molecular flexibility index (Phi) is 1.41. The maximum absolute atomic E-state index is 10.8. The summed E-state index contributed by atoms with van der Waals surface area (Å²) in [5, 5.41) is 0. The van der Waals surface area contributed by atoms with E-state index in [1.807, 2.05) is 0 Å². The molecular formula is C5H8N4O. The average molecular weight is 140 g/mol. The number of hydrogen-bond acceptors (Lipinski definition) is 4. The molecule has 0 spiro atoms. The highest BCUT2D eigenvalue weighted by Crippen LogP contribution is 1.87. The van der Waals surface area contributed by atoms with Crippen LogP contribution in [0.1, 0.15) is 5.82 Å². The summed E-state index contributed by atoms with van der Waals surface area (Å²) >= 11 is 0. The lowest BCUT2D eigenvalue weighted by Gasteiger charge is -1.99. The number of aromatic nitrogens is 3. The largest absolute Gasteiger partial charge is 0.368 e. The Morgan fingerprint density at radius 3 is 2.60 bits per heavy atom. The maximum atomic E-state index is 10.8. The lowest BCUT2D eigenvalue weighted by atomic mass is 10.6. The molecule has 1 rings (SSSR count). The molecule has 54 valence electrons. The van der Waals surface area contributed by atoms with Crippen molar-refractivity contribution < 1.29 is 0 Å². The van der Waals surface area contributed by atoms with E-state index in [4.69, 9.17) is 5.73 Å². The summed E-state index contributed by atoms with van der Waals surface area (Å²) in [4.78, 5) is 18.0. The van der Waals surface area contributed by atoms with Crippen LogP contribution < -0.4 is 11.4 Å². The fourth-order valence-electron chi connectivity index (χ4n) is 0.577. The first-order valence-electron chi connectivity index (χ1n) is 2.78. The summed E-state index contributed by atoms with van der Waals surface area (Å²) in [5.41, 5.74) is 4.82. The van der Waals surface area contributed by atoms with Crippen LogP contribution in [0.4, 0.5) is 5.95 Å². The van der Waals surface area contributed by atoms with E-state index in [2.05, 4.69) is 9.97 Å². The zero-order chi connectivity index (χ0) is 7.72. The Hall–Kier alpha value is -1.39. The lowest BCUT2D eigenvalue weighted by Crippen LogP contribution is -2.24. The van der Waals surface area contributed by atoms with Gasteiger partial charge in [0.1, 0.15) is 5.82 Å². The molecule has 1 aromatic rings. The minimum atomic E-state index is -0.370. The van der Waals surface area contributed by atoms with Gasteiger partial charge in [0.15, 0.2) is 0 Å². The first-order valence-corrected chi connectivity index (χ1v) is 2.78. The highest BCUT2D eigenvalue weighted by Gasteiger charge is 1.97. The monoisotopic (exact) mass is 140 g/mol. The molecule has 0 saturated carbocycles. The number of hydrogen-bond donors (Lipinski definition) is 1. The zero-order valence-electron chi connectivity index (χ0n) is 5.83. The molecule has 0 aromatic carbocycles. The van der Waals surface area contributed by atoms with Crippen molar-refractivity contribution in [3.8, 4) is 0 Å². The van der Waals surface area contributed by atoms with E-state index in [-0.39, 0.29) is 11.6 Å². The SMILES string of the molecule is Cc1nc(N)nc(=O)n1C. The average Bonchev–Trinajstić information content (AvgIpc) is 1.82. The molecule has 10 heavy (non-hydrogen) atoms. The van der Waals surface area contributed by atoms with Gasteiger partial charge < -0.3 is 5.73 Å². The molecule has 5 heteroatoms. The molecule has 5 nitrogen and oxygen atoms in total. The van der Waals surface area contributed by atoms with Crippen molar-refractivity contribution >= 4 is 5.95 Å². The normalized spacial score (nSPS) is 9.80. The molecule has 0 saturated heterocycles. The van der Waals surface area contributed by atoms with Gasteiger partial charge in [-0.25, -0.2) is 9.78 Å². The third kappa shape index (κ3) is 0.975. The van der Waals surface area contributed by atoms with Crippen LogP contribution in [0.15, 0.2) is 4.79 Å². The fraction of sp³-hybridized carbons (Fsp3) is 0.400. The molecule has 0 bridgehead atoms. The van der Waals surface area contributed by atoms with Crippen LogP contribution in [0.25, 0.3) is 0 Å². The Balaban J connectivity index is 3.46. The van der Waals surface area contributed by atoms with Gasteiger partial charge in [-0.3, -0.25) is 4.57 Å². The number of rotatable bonds is 0. The second kappa shape index (κ2) is 2.09. The Labute approximate surface area is 57.5 Å². The quantitative estimate of drug-likeness (QED) is 0.505. The van der Waals surface area contributed by atoms with Gasteiger partial charge in [0.05, 0.1) is 0 Å². The zero-order valence-corrected chi connectivity index (χ0v) is 5.83. The summed E-state index contributed by atoms with van der Waals surface area (Å²) in [6.07, 6.45) is 0. The van der Waals surface area contributed by atoms with Gasteiger partial charge in [0.25, 0.3) is 0 Å². The molecule has 1 heterocycles. The van der Waals surface area contributed by atoms with Crippen LogP contribution in [-0.4, -0.2) is 14.5 Å². The van der Waals surface area contributed by atoms with Crippen molar-refractivity contribution in [1.29, 1.82) is 0 Å². The predicted octanol–water partition coefficient (Wildman–Crippen LogP) is -0.934. The number of nitrogen functional groups attached to an aromatic ring is 1. The van der Waals surface area contributed by atoms with Gasteiger partial charge in [-0.2, -0.15) is 4.98 Å². The van der Waals surface area contributed by atoms with Crippen molar-refractivity contribution in [2.24, 2.45) is 7.05 Å². The molecule has 0 unspecified atom stereocenters. The van der Waals surface area contributed by atoms with Gasteiger partial charge in [-0.1, -0.05) is 0 Å². The Morgan fingerprint density at radius 1 is 1.50 bits per heavy atom. The molecule has 0 aliphatic carbocycles. The summed E-state index contributed by atoms with van der Waals surface area (Å²) in [5.74, 6) is 0.595. The van der Waals surface area contributed by atoms with Crippen molar-refractivity contribution in [3.63, 3.8) is 0 Å². The number of anilines is 1. The minimum absolute atomic E-state index is 0.0283. The van der Waals surface area contributed by atoms with Gasteiger partial charge in [0, 0.05) is 7.05 Å². The van der Waals surface area contributed by atoms with E-state index < -0.39 is 0 Å². The molecule has 0 fully saturated rings. The third-order valence-corrected chi connectivity index (χ3v) is 1.26. The molecule has 0 radical (unpaired) electrons. The van der Waals surface area contributed by atoms with Crippen LogP contribution in [-0.2, 0) is 7.05 Å². The summed E-state index contributed by atoms with van der Waals surface area (Å²) in [6.45, 7) is 1.69. The van der Waals surface area contributed by atoms with Gasteiger partial charge in [-0.05, 0) is 6.92 Å². The van der Waals surface area contributed by atoms with Crippen LogP contribution in [0.2, 0.25) is 0 Å². The standard InChI is InChI=1S/C5H8N4O/c1-3-7-4(6)8-5(10)9(3)2/h1-2H3,(H2,6,8,10). The second-order valence-corrected chi connectivity index (χ2v) is 1.97. The van der Waals surface area contributed by atoms with Crippen LogP contribution in [0.3, 0.4) is 0 Å². The van der Waals surface area contributed by atoms with Crippen molar-refractivity contribution in [2.45, 2.75) is 6.92 Å². The highest BCUT2D eigenvalue weighted by molar-refractivity contribution is 5.12. The lowest BCUT2D eigenvalue weighted by molar-refractivity contribution is 0.735. The maximum Gasteiger partial charge on any atom is 0.351 e. The molecule has 0 atom stereocenters. The molecular weight excluding hydrogens is 132 g/mol. The Bertz CT molecular complexity index is 303. The predicted molar refractivity (Wildman–Crippen MR) is 36.4 cm³/mol. The van der Waals surface area contributed by atoms with Crippen LogP contribution in [0, 0.1) is 6.92 Å². The summed E-state index contributed by atoms with van der Waals surface area (Å²) < 4.78 is 1.33. The van der Waals surface area contributed by atoms with E-state index in [1.165, 1.54) is 4.57 Å². The molecule has 1 aromatic heterocycles. The van der Waals surface area contributed by atoms with Gasteiger partial charge in [0.2, 0.25) is 5.95 Å². The fourth-order valence-corrected chi connectivity index (χ4v) is 0.577. The summed E-state index contributed by atoms with van der Waals surface area (Å²) in [7, 11) is 1.59. The molecule has 2 N–H and O–H groups in total. The minimum Gasteiger partial charge on any atom is -0.368 e. The Morgan fingerprint density at radius 2 is 2.10 bits per heavy atom. The first-order chi connectivity index (χ1) is 4.61. The first kappa shape index (κ1) is 6.73. The van der Waals surface area contributed by atoms with E-state index in [1.54, 1.807) is 14.0 Å². The summed E-state index contributed by atoms with van der Waals surface area (Å²) in [6, 6.07) is 0. The third-order valence-electron chi connectivity index (χ3n) is 1.26. The highest BCUT2D eigenvalue weighted by atomic mass is 16.1. The number of nitrogens with zero attached hydrogens (tertiary/aromatic N) is 3. The smallest absolute Gasteiger partial charge is 0.351 e. The van der Waals surface area contributed by atoms with Gasteiger partial charge in [-0.15, -0.1) is 0 Å². The van der Waals surface area contributed by atoms with E-state index >= 15 is 0 Å². The number of nitrogens with two attached hydrogens (primary N) is 1. The number of aryl methyl sites for hydroxylation is 1. The van der Waals surface area contributed by atoms with Crippen molar-refractivity contribution in [3.05, 3.63) is 16.3 Å². The van der Waals surface area contributed by atoms with Crippen LogP contribution >= 0.6 is 0 Å². The van der Waals surface area contributed by atoms with Crippen molar-refractivity contribution in [1.82, 2.24) is 14.5 Å². The molecule has 0 amide bonds. The second-order valence-electron chi connectivity index (χ2n) is 1.97. The van der Waals surface area contributed by atoms with E-state index in [0.29, 0.717) is 5.82 Å². The molecule has 0 aliphatic heterocycles. The topological polar surface area (TPSA) is 73.8 Å². The van der Waals surface area contributed by atoms with Gasteiger partial charge >= 0.3 is 5.69 Å². The van der Waals surface area contributed by atoms with Crippen molar-refractivity contribution in [2.75, 3.05) is 5.73 Å². The van der Waals surface area contributed by atoms with E-state index in [9.17, 15) is 4.79 Å². The van der Waals surface area contributed by atoms with E-state index in [0.717, 1.165) is 0 Å².